The second-order valence-corrected chi connectivity index (χ2v) is 7.09. The van der Waals surface area contributed by atoms with Crippen molar-refractivity contribution in [1.29, 1.82) is 0 Å². The first kappa shape index (κ1) is 18.6. The van der Waals surface area contributed by atoms with Crippen LogP contribution in [0.2, 0.25) is 0 Å². The van der Waals surface area contributed by atoms with E-state index in [-0.39, 0.29) is 25.5 Å². The van der Waals surface area contributed by atoms with Crippen molar-refractivity contribution < 1.29 is 20.1 Å². The van der Waals surface area contributed by atoms with Gasteiger partial charge in [-0.1, -0.05) is 39.0 Å². The van der Waals surface area contributed by atoms with Crippen LogP contribution in [0.25, 0.3) is 0 Å². The molecule has 0 atom stereocenters. The number of anilines is 4. The summed E-state index contributed by atoms with van der Waals surface area (Å²) in [7, 11) is 0. The maximum absolute atomic E-state index is 4.93. The Kier molecular flexibility index (Phi) is 5.12. The molecule has 1 aromatic heterocycles. The van der Waals surface area contributed by atoms with Crippen LogP contribution >= 0.6 is 0 Å². The molecular formula is C21H20IrN4-2. The monoisotopic (exact) mass is 521 g/mol. The Labute approximate surface area is 168 Å². The van der Waals surface area contributed by atoms with E-state index in [0.29, 0.717) is 0 Å². The van der Waals surface area contributed by atoms with Gasteiger partial charge in [-0.3, -0.25) is 0 Å². The van der Waals surface area contributed by atoms with Gasteiger partial charge in [-0.05, 0) is 12.1 Å². The minimum atomic E-state index is -0.0588. The number of hydrogen-bond donors (Lipinski definition) is 0. The fourth-order valence-corrected chi connectivity index (χ4v) is 2.78. The summed E-state index contributed by atoms with van der Waals surface area (Å²) in [5.41, 5.74) is 2.92. The molecule has 0 N–H and O–H groups in total. The van der Waals surface area contributed by atoms with Gasteiger partial charge in [-0.15, -0.1) is 12.4 Å². The zero-order valence-electron chi connectivity index (χ0n) is 15.0. The van der Waals surface area contributed by atoms with E-state index >= 15 is 0 Å². The summed E-state index contributed by atoms with van der Waals surface area (Å²) >= 11 is 0. The summed E-state index contributed by atoms with van der Waals surface area (Å²) < 4.78 is 0. The molecule has 0 saturated carbocycles. The Morgan fingerprint density at radius 3 is 2.31 bits per heavy atom. The van der Waals surface area contributed by atoms with E-state index in [1.165, 1.54) is 0 Å². The second kappa shape index (κ2) is 7.18. The second-order valence-electron chi connectivity index (χ2n) is 7.09. The van der Waals surface area contributed by atoms with Gasteiger partial charge in [0.05, 0.1) is 11.9 Å². The van der Waals surface area contributed by atoms with Crippen LogP contribution in [0, 0.1) is 12.7 Å². The van der Waals surface area contributed by atoms with E-state index in [9.17, 15) is 0 Å². The Bertz CT molecular complexity index is 876. The van der Waals surface area contributed by atoms with Gasteiger partial charge < -0.3 is 9.80 Å². The van der Waals surface area contributed by atoms with Crippen LogP contribution < -0.4 is 9.80 Å². The van der Waals surface area contributed by atoms with Crippen LogP contribution in [0.15, 0.2) is 60.8 Å². The molecule has 0 amide bonds. The van der Waals surface area contributed by atoms with Crippen molar-refractivity contribution in [2.75, 3.05) is 9.80 Å². The van der Waals surface area contributed by atoms with Crippen molar-refractivity contribution in [3.05, 3.63) is 79.2 Å². The average molecular weight is 521 g/mol. The maximum Gasteiger partial charge on any atom is 0.146 e. The molecular weight excluding hydrogens is 500 g/mol. The molecule has 26 heavy (non-hydrogen) atoms. The van der Waals surface area contributed by atoms with Crippen molar-refractivity contribution in [1.82, 2.24) is 9.97 Å². The summed E-state index contributed by atoms with van der Waals surface area (Å²) in [5.74, 6) is 1.66. The first-order valence-corrected chi connectivity index (χ1v) is 8.37. The standard InChI is InChI=1S/C21H20N4.Ir/c1-21(2,3)18-14-22-19-20(23-18)25(17-12-8-5-9-13-17)15-24(19)16-10-6-4-7-11-16;/h4-10,12-15H,1-3H3;/q-2;. The number of hydrogen-bond acceptors (Lipinski definition) is 4. The van der Waals surface area contributed by atoms with Crippen molar-refractivity contribution in [2.24, 2.45) is 0 Å². The molecule has 1 radical (unpaired) electrons. The van der Waals surface area contributed by atoms with E-state index in [2.05, 4.69) is 43.9 Å². The third kappa shape index (κ3) is 3.37. The van der Waals surface area contributed by atoms with E-state index < -0.39 is 0 Å². The SMILES string of the molecule is CC(C)(C)c1cnc2c(n1)N(c1ccccc1)[CH-]N2c1[c-]cccc1.[Ir]. The number of rotatable bonds is 2. The summed E-state index contributed by atoms with van der Waals surface area (Å²) in [4.78, 5) is 13.8. The largest absolute Gasteiger partial charge is 0.477 e. The molecule has 2 heterocycles. The third-order valence-electron chi connectivity index (χ3n) is 4.18. The van der Waals surface area contributed by atoms with E-state index in [4.69, 9.17) is 9.97 Å². The fourth-order valence-electron chi connectivity index (χ4n) is 2.78. The molecule has 0 unspecified atom stereocenters. The first-order valence-electron chi connectivity index (χ1n) is 8.37. The van der Waals surface area contributed by atoms with Gasteiger partial charge >= 0.3 is 0 Å². The summed E-state index contributed by atoms with van der Waals surface area (Å²) in [6.45, 7) is 8.48. The quantitative estimate of drug-likeness (QED) is 0.446. The fraction of sp³-hybridized carbons (Fsp3) is 0.190. The normalized spacial score (nSPS) is 13.3. The average Bonchev–Trinajstić information content (AvgIpc) is 3.01. The van der Waals surface area contributed by atoms with Crippen molar-refractivity contribution >= 4 is 23.0 Å². The number of nitrogens with zero attached hydrogens (tertiary/aromatic N) is 4. The minimum Gasteiger partial charge on any atom is -0.477 e. The molecule has 1 aliphatic heterocycles. The molecule has 2 aromatic carbocycles. The Morgan fingerprint density at radius 1 is 0.923 bits per heavy atom. The van der Waals surface area contributed by atoms with Gasteiger partial charge in [0.2, 0.25) is 0 Å². The van der Waals surface area contributed by atoms with E-state index in [0.717, 1.165) is 28.7 Å². The third-order valence-corrected chi connectivity index (χ3v) is 4.18. The molecule has 0 aliphatic carbocycles. The summed E-state index contributed by atoms with van der Waals surface area (Å²) in [6.07, 6.45) is 1.87. The summed E-state index contributed by atoms with van der Waals surface area (Å²) in [6, 6.07) is 21.4. The molecule has 4 nitrogen and oxygen atoms in total. The molecule has 5 heteroatoms. The number of fused-ring (bicyclic) bond motifs is 1. The van der Waals surface area contributed by atoms with Gasteiger partial charge in [-0.2, -0.15) is 30.3 Å². The number of aromatic nitrogens is 2. The van der Waals surface area contributed by atoms with Gasteiger partial charge in [0, 0.05) is 31.2 Å². The minimum absolute atomic E-state index is 0. The molecule has 0 spiro atoms. The zero-order valence-corrected chi connectivity index (χ0v) is 17.4. The number of para-hydroxylation sites is 2. The van der Waals surface area contributed by atoms with Crippen LogP contribution in [0.5, 0.6) is 0 Å². The molecule has 3 aromatic rings. The van der Waals surface area contributed by atoms with Gasteiger partial charge in [0.15, 0.2) is 0 Å². The Hall–Kier alpha value is -2.23. The first-order chi connectivity index (χ1) is 12.0. The molecule has 0 bridgehead atoms. The van der Waals surface area contributed by atoms with Crippen molar-refractivity contribution in [3.8, 4) is 0 Å². The van der Waals surface area contributed by atoms with Crippen LogP contribution in [0.4, 0.5) is 23.0 Å². The maximum atomic E-state index is 4.93. The van der Waals surface area contributed by atoms with E-state index in [1.54, 1.807) is 0 Å². The Morgan fingerprint density at radius 2 is 1.65 bits per heavy atom. The molecule has 0 saturated heterocycles. The summed E-state index contributed by atoms with van der Waals surface area (Å²) in [5, 5.41) is 0. The zero-order chi connectivity index (χ0) is 17.4. The number of benzene rings is 2. The van der Waals surface area contributed by atoms with Gasteiger partial charge in [0.25, 0.3) is 0 Å². The van der Waals surface area contributed by atoms with Crippen LogP contribution in [-0.2, 0) is 25.5 Å². The smallest absolute Gasteiger partial charge is 0.146 e. The van der Waals surface area contributed by atoms with Crippen LogP contribution in [-0.4, -0.2) is 9.97 Å². The van der Waals surface area contributed by atoms with Gasteiger partial charge in [-0.25, -0.2) is 9.97 Å². The van der Waals surface area contributed by atoms with Crippen LogP contribution in [0.3, 0.4) is 0 Å². The Balaban J connectivity index is 0.00000196. The van der Waals surface area contributed by atoms with Gasteiger partial charge in [0.1, 0.15) is 11.6 Å². The van der Waals surface area contributed by atoms with Crippen LogP contribution in [0.1, 0.15) is 26.5 Å². The van der Waals surface area contributed by atoms with Crippen molar-refractivity contribution in [2.45, 2.75) is 26.2 Å². The molecule has 1 aliphatic rings. The molecule has 0 fully saturated rings. The van der Waals surface area contributed by atoms with Crippen molar-refractivity contribution in [3.63, 3.8) is 0 Å². The predicted octanol–water partition coefficient (Wildman–Crippen LogP) is 4.98. The molecule has 4 rings (SSSR count). The molecule has 135 valence electrons. The topological polar surface area (TPSA) is 32.3 Å². The predicted molar refractivity (Wildman–Crippen MR) is 101 cm³/mol. The van der Waals surface area contributed by atoms with E-state index in [1.807, 2.05) is 60.2 Å².